The van der Waals surface area contributed by atoms with Gasteiger partial charge in [-0.15, -0.1) is 0 Å². The summed E-state index contributed by atoms with van der Waals surface area (Å²) < 4.78 is 0. The van der Waals surface area contributed by atoms with Crippen LogP contribution in [0.25, 0.3) is 11.3 Å². The first kappa shape index (κ1) is 18.9. The molecule has 0 bridgehead atoms. The van der Waals surface area contributed by atoms with Crippen LogP contribution in [0.4, 0.5) is 0 Å². The fourth-order valence-corrected chi connectivity index (χ4v) is 3.22. The van der Waals surface area contributed by atoms with Crippen LogP contribution in [-0.4, -0.2) is 27.3 Å². The second-order valence-corrected chi connectivity index (χ2v) is 6.84. The highest BCUT2D eigenvalue weighted by Gasteiger charge is 2.14. The average molecular weight is 363 g/mol. The normalized spacial score (nSPS) is 12.0. The third kappa shape index (κ3) is 5.53. The molecule has 1 aromatic heterocycles. The smallest absolute Gasteiger partial charge is 0.303 e. The number of aliphatic carboxylic acids is 1. The number of benzene rings is 2. The van der Waals surface area contributed by atoms with Crippen LogP contribution in [0, 0.1) is 6.92 Å². The van der Waals surface area contributed by atoms with Gasteiger partial charge in [-0.05, 0) is 31.4 Å². The molecule has 0 fully saturated rings. The molecule has 0 aliphatic heterocycles. The molecule has 0 aliphatic rings. The molecule has 3 rings (SSSR count). The Morgan fingerprint density at radius 1 is 1.19 bits per heavy atom. The molecule has 2 aromatic carbocycles. The predicted octanol–water partition coefficient (Wildman–Crippen LogP) is 3.95. The van der Waals surface area contributed by atoms with E-state index in [1.165, 1.54) is 11.1 Å². The maximum Gasteiger partial charge on any atom is 0.303 e. The minimum atomic E-state index is -0.765. The molecule has 1 unspecified atom stereocenters. The van der Waals surface area contributed by atoms with E-state index >= 15 is 0 Å². The Morgan fingerprint density at radius 3 is 2.74 bits per heavy atom. The number of aryl methyl sites for hydroxylation is 1. The lowest BCUT2D eigenvalue weighted by Gasteiger charge is -2.18. The molecule has 5 nitrogen and oxygen atoms in total. The van der Waals surface area contributed by atoms with Crippen LogP contribution in [-0.2, 0) is 17.8 Å². The van der Waals surface area contributed by atoms with Gasteiger partial charge in [0.1, 0.15) is 0 Å². The van der Waals surface area contributed by atoms with Gasteiger partial charge in [0.2, 0.25) is 0 Å². The molecule has 3 aromatic rings. The van der Waals surface area contributed by atoms with Crippen LogP contribution in [0.5, 0.6) is 0 Å². The molecule has 3 N–H and O–H groups in total. The van der Waals surface area contributed by atoms with Crippen molar-refractivity contribution in [2.75, 3.05) is 0 Å². The lowest BCUT2D eigenvalue weighted by molar-refractivity contribution is -0.137. The molecule has 1 heterocycles. The number of carbonyl (C=O) groups is 1. The van der Waals surface area contributed by atoms with E-state index in [2.05, 4.69) is 52.8 Å². The molecule has 1 atom stereocenters. The van der Waals surface area contributed by atoms with Gasteiger partial charge in [-0.3, -0.25) is 9.89 Å². The molecule has 0 aliphatic carbocycles. The van der Waals surface area contributed by atoms with Gasteiger partial charge in [-0.1, -0.05) is 54.1 Å². The van der Waals surface area contributed by atoms with E-state index in [4.69, 9.17) is 5.11 Å². The van der Waals surface area contributed by atoms with E-state index in [0.717, 1.165) is 23.2 Å². The monoisotopic (exact) mass is 363 g/mol. The summed E-state index contributed by atoms with van der Waals surface area (Å²) in [6.45, 7) is 2.70. The summed E-state index contributed by atoms with van der Waals surface area (Å²) in [5.74, 6) is -0.765. The van der Waals surface area contributed by atoms with Crippen molar-refractivity contribution < 1.29 is 9.90 Å². The van der Waals surface area contributed by atoms with Crippen molar-refractivity contribution >= 4 is 5.97 Å². The lowest BCUT2D eigenvalue weighted by atomic mass is 10.0. The van der Waals surface area contributed by atoms with Gasteiger partial charge < -0.3 is 10.4 Å². The molecule has 0 radical (unpaired) electrons. The van der Waals surface area contributed by atoms with E-state index in [9.17, 15) is 4.79 Å². The topological polar surface area (TPSA) is 78.0 Å². The third-order valence-corrected chi connectivity index (χ3v) is 4.64. The Balaban J connectivity index is 1.70. The molecule has 5 heteroatoms. The fourth-order valence-electron chi connectivity index (χ4n) is 3.22. The number of aromatic nitrogens is 2. The molecule has 27 heavy (non-hydrogen) atoms. The van der Waals surface area contributed by atoms with Crippen molar-refractivity contribution in [2.24, 2.45) is 0 Å². The van der Waals surface area contributed by atoms with Crippen LogP contribution in [0.1, 0.15) is 29.5 Å². The molecule has 140 valence electrons. The van der Waals surface area contributed by atoms with Crippen LogP contribution in [0.3, 0.4) is 0 Å². The van der Waals surface area contributed by atoms with Gasteiger partial charge in [-0.25, -0.2) is 0 Å². The highest BCUT2D eigenvalue weighted by atomic mass is 16.4. The largest absolute Gasteiger partial charge is 0.481 e. The number of H-pyrrole nitrogens is 1. The minimum Gasteiger partial charge on any atom is -0.481 e. The van der Waals surface area contributed by atoms with Crippen molar-refractivity contribution in [1.82, 2.24) is 15.5 Å². The van der Waals surface area contributed by atoms with Gasteiger partial charge in [0.15, 0.2) is 0 Å². The maximum absolute atomic E-state index is 11.0. The van der Waals surface area contributed by atoms with Gasteiger partial charge >= 0.3 is 5.97 Å². The third-order valence-electron chi connectivity index (χ3n) is 4.64. The summed E-state index contributed by atoms with van der Waals surface area (Å²) in [5.41, 5.74) is 5.59. The zero-order chi connectivity index (χ0) is 19.1. The first-order valence-corrected chi connectivity index (χ1v) is 9.20. The number of carboxylic acid groups (broad SMARTS) is 1. The first-order chi connectivity index (χ1) is 13.1. The number of aromatic amines is 1. The van der Waals surface area contributed by atoms with Crippen LogP contribution >= 0.6 is 0 Å². The zero-order valence-corrected chi connectivity index (χ0v) is 15.5. The number of hydrogen-bond acceptors (Lipinski definition) is 3. The molecule has 0 saturated heterocycles. The number of nitrogens with zero attached hydrogens (tertiary/aromatic N) is 1. The van der Waals surface area contributed by atoms with Gasteiger partial charge in [-0.2, -0.15) is 5.10 Å². The Bertz CT molecular complexity index is 874. The summed E-state index contributed by atoms with van der Waals surface area (Å²) in [7, 11) is 0. The Hall–Kier alpha value is -2.92. The first-order valence-electron chi connectivity index (χ1n) is 9.20. The van der Waals surface area contributed by atoms with Crippen molar-refractivity contribution in [2.45, 2.75) is 38.8 Å². The van der Waals surface area contributed by atoms with Gasteiger partial charge in [0.05, 0.1) is 11.9 Å². The number of nitrogens with one attached hydrogen (secondary N) is 2. The summed E-state index contributed by atoms with van der Waals surface area (Å²) in [4.78, 5) is 11.0. The Kier molecular flexibility index (Phi) is 6.39. The standard InChI is InChI=1S/C22H25N3O2/c1-16-6-5-9-18(12-16)22-19(15-24-25-22)14-23-20(10-11-21(26)27)13-17-7-3-2-4-8-17/h2-9,12,15,20,23H,10-11,13-14H2,1H3,(H,24,25)(H,26,27). The quantitative estimate of drug-likeness (QED) is 0.538. The molecular weight excluding hydrogens is 338 g/mol. The molecule has 0 spiro atoms. The van der Waals surface area contributed by atoms with E-state index in [1.807, 2.05) is 30.5 Å². The summed E-state index contributed by atoms with van der Waals surface area (Å²) in [6, 6.07) is 18.5. The maximum atomic E-state index is 11.0. The minimum absolute atomic E-state index is 0.0868. The van der Waals surface area contributed by atoms with Crippen molar-refractivity contribution in [3.63, 3.8) is 0 Å². The number of hydrogen-bond donors (Lipinski definition) is 3. The van der Waals surface area contributed by atoms with E-state index in [1.54, 1.807) is 0 Å². The SMILES string of the molecule is Cc1cccc(-c2[nH]ncc2CNC(CCC(=O)O)Cc2ccccc2)c1. The summed E-state index contributed by atoms with van der Waals surface area (Å²) in [5, 5.41) is 19.9. The van der Waals surface area contributed by atoms with Crippen LogP contribution in [0.15, 0.2) is 60.8 Å². The highest BCUT2D eigenvalue weighted by molar-refractivity contribution is 5.66. The zero-order valence-electron chi connectivity index (χ0n) is 15.5. The number of carboxylic acids is 1. The molecule has 0 saturated carbocycles. The van der Waals surface area contributed by atoms with E-state index < -0.39 is 5.97 Å². The van der Waals surface area contributed by atoms with E-state index in [-0.39, 0.29) is 12.5 Å². The Morgan fingerprint density at radius 2 is 2.00 bits per heavy atom. The highest BCUT2D eigenvalue weighted by Crippen LogP contribution is 2.22. The molecular formula is C22H25N3O2. The average Bonchev–Trinajstić information content (AvgIpc) is 3.13. The fraction of sp³-hybridized carbons (Fsp3) is 0.273. The Labute approximate surface area is 159 Å². The van der Waals surface area contributed by atoms with Crippen molar-refractivity contribution in [1.29, 1.82) is 0 Å². The summed E-state index contributed by atoms with van der Waals surface area (Å²) >= 11 is 0. The number of rotatable bonds is 9. The van der Waals surface area contributed by atoms with Crippen molar-refractivity contribution in [3.8, 4) is 11.3 Å². The van der Waals surface area contributed by atoms with Crippen molar-refractivity contribution in [3.05, 3.63) is 77.5 Å². The lowest BCUT2D eigenvalue weighted by Crippen LogP contribution is -2.31. The second-order valence-electron chi connectivity index (χ2n) is 6.84. The van der Waals surface area contributed by atoms with Gasteiger partial charge in [0.25, 0.3) is 0 Å². The second kappa shape index (κ2) is 9.14. The van der Waals surface area contributed by atoms with Crippen LogP contribution < -0.4 is 5.32 Å². The molecule has 0 amide bonds. The summed E-state index contributed by atoms with van der Waals surface area (Å²) in [6.07, 6.45) is 3.37. The predicted molar refractivity (Wildman–Crippen MR) is 106 cm³/mol. The van der Waals surface area contributed by atoms with Crippen LogP contribution in [0.2, 0.25) is 0 Å². The van der Waals surface area contributed by atoms with E-state index in [0.29, 0.717) is 13.0 Å². The van der Waals surface area contributed by atoms with Gasteiger partial charge in [0, 0.05) is 30.1 Å².